The maximum absolute atomic E-state index is 13.7. The van der Waals surface area contributed by atoms with Gasteiger partial charge in [-0.1, -0.05) is 24.6 Å². The van der Waals surface area contributed by atoms with E-state index in [0.717, 1.165) is 56.1 Å². The van der Waals surface area contributed by atoms with E-state index in [9.17, 15) is 9.59 Å². The zero-order valence-electron chi connectivity index (χ0n) is 21.0. The van der Waals surface area contributed by atoms with Gasteiger partial charge in [0.2, 0.25) is 0 Å². The molecule has 0 saturated carbocycles. The topological polar surface area (TPSA) is 74.9 Å². The number of carbonyl (C=O) groups excluding carboxylic acids is 2. The van der Waals surface area contributed by atoms with Crippen LogP contribution in [0.25, 0.3) is 10.9 Å². The Labute approximate surface area is 212 Å². The minimum Gasteiger partial charge on any atom is -0.491 e. The first kappa shape index (κ1) is 24.4. The van der Waals surface area contributed by atoms with E-state index in [1.165, 1.54) is 0 Å². The Morgan fingerprint density at radius 3 is 2.67 bits per heavy atom. The van der Waals surface area contributed by atoms with Gasteiger partial charge in [0, 0.05) is 49.4 Å². The maximum atomic E-state index is 13.7. The number of aromatic nitrogens is 1. The number of nitrogens with one attached hydrogen (secondary N) is 1. The summed E-state index contributed by atoms with van der Waals surface area (Å²) in [4.78, 5) is 34.1. The smallest absolute Gasteiger partial charge is 0.257 e. The molecule has 3 aliphatic rings. The number of methoxy groups -OCH3 is 1. The number of hydrogen-bond donors (Lipinski definition) is 1. The lowest BCUT2D eigenvalue weighted by Crippen LogP contribution is -2.45. The van der Waals surface area contributed by atoms with Crippen molar-refractivity contribution in [1.82, 2.24) is 14.8 Å². The summed E-state index contributed by atoms with van der Waals surface area (Å²) < 4.78 is 11.8. The zero-order valence-corrected chi connectivity index (χ0v) is 21.0. The summed E-state index contributed by atoms with van der Waals surface area (Å²) >= 11 is 0. The molecule has 0 unspecified atom stereocenters. The number of piperidine rings is 1. The van der Waals surface area contributed by atoms with Crippen LogP contribution in [0.2, 0.25) is 0 Å². The maximum Gasteiger partial charge on any atom is 0.257 e. The molecule has 7 nitrogen and oxygen atoms in total. The van der Waals surface area contributed by atoms with E-state index < -0.39 is 0 Å². The number of nitrogens with zero attached hydrogens (tertiary/aromatic N) is 2. The van der Waals surface area contributed by atoms with Gasteiger partial charge in [-0.15, -0.1) is 0 Å². The van der Waals surface area contributed by atoms with E-state index in [2.05, 4.69) is 4.98 Å². The highest BCUT2D eigenvalue weighted by Crippen LogP contribution is 2.38. The summed E-state index contributed by atoms with van der Waals surface area (Å²) in [6.45, 7) is 3.59. The number of amides is 2. The molecule has 1 aromatic heterocycles. The summed E-state index contributed by atoms with van der Waals surface area (Å²) in [5.74, 6) is 0.598. The van der Waals surface area contributed by atoms with Crippen molar-refractivity contribution in [2.75, 3.05) is 46.5 Å². The average Bonchev–Trinajstić information content (AvgIpc) is 3.39. The van der Waals surface area contributed by atoms with E-state index in [1.54, 1.807) is 7.11 Å². The molecule has 0 aliphatic carbocycles. The number of hydrogen-bond acceptors (Lipinski definition) is 4. The van der Waals surface area contributed by atoms with Crippen molar-refractivity contribution in [3.63, 3.8) is 0 Å². The lowest BCUT2D eigenvalue weighted by atomic mass is 9.75. The number of para-hydroxylation sites is 1. The normalized spacial score (nSPS) is 18.9. The Morgan fingerprint density at radius 1 is 1.00 bits per heavy atom. The molecule has 2 bridgehead atoms. The number of rotatable bonds is 3. The number of carbonyl (C=O) groups is 2. The predicted molar refractivity (Wildman–Crippen MR) is 139 cm³/mol. The van der Waals surface area contributed by atoms with Crippen LogP contribution in [0, 0.1) is 5.41 Å². The molecule has 2 aromatic carbocycles. The van der Waals surface area contributed by atoms with Crippen molar-refractivity contribution in [3.8, 4) is 5.75 Å². The molecule has 190 valence electrons. The molecular formula is C29H35N3O4. The molecule has 0 spiro atoms. The molecule has 7 heteroatoms. The molecule has 6 rings (SSSR count). The molecule has 0 radical (unpaired) electrons. The quantitative estimate of drug-likeness (QED) is 0.577. The monoisotopic (exact) mass is 489 g/mol. The lowest BCUT2D eigenvalue weighted by molar-refractivity contribution is 0.0136. The minimum atomic E-state index is 0.0103. The van der Waals surface area contributed by atoms with Crippen molar-refractivity contribution in [3.05, 3.63) is 65.9 Å². The molecule has 0 atom stereocenters. The van der Waals surface area contributed by atoms with Crippen molar-refractivity contribution < 1.29 is 19.1 Å². The van der Waals surface area contributed by atoms with Crippen LogP contribution in [0.5, 0.6) is 5.75 Å². The standard InChI is InChI=1S/C29H35N3O4/c1-35-21-29-12-4-5-16-31(27(33)23-8-6-9-25-22(23)11-15-30-25)19-20-36-26-10-3-2-7-24(26)28(34)32(17-13-29)18-14-29/h2-3,6-11,15,30H,4-5,12-14,16-21H2,1H3. The number of H-pyrrole nitrogens is 1. The van der Waals surface area contributed by atoms with E-state index in [-0.39, 0.29) is 17.2 Å². The van der Waals surface area contributed by atoms with Gasteiger partial charge >= 0.3 is 0 Å². The highest BCUT2D eigenvalue weighted by Gasteiger charge is 2.36. The number of benzene rings is 2. The van der Waals surface area contributed by atoms with Gasteiger partial charge in [-0.25, -0.2) is 0 Å². The average molecular weight is 490 g/mol. The number of fused-ring (bicyclic) bond motifs is 10. The fourth-order valence-electron chi connectivity index (χ4n) is 5.72. The largest absolute Gasteiger partial charge is 0.491 e. The Hall–Kier alpha value is -3.32. The van der Waals surface area contributed by atoms with E-state index in [0.29, 0.717) is 43.2 Å². The van der Waals surface area contributed by atoms with Gasteiger partial charge < -0.3 is 24.3 Å². The highest BCUT2D eigenvalue weighted by atomic mass is 16.5. The molecule has 1 saturated heterocycles. The van der Waals surface area contributed by atoms with Gasteiger partial charge in [-0.2, -0.15) is 0 Å². The Morgan fingerprint density at radius 2 is 1.83 bits per heavy atom. The molecular weight excluding hydrogens is 454 g/mol. The highest BCUT2D eigenvalue weighted by molar-refractivity contribution is 6.06. The fourth-order valence-corrected chi connectivity index (χ4v) is 5.72. The number of ether oxygens (including phenoxy) is 2. The van der Waals surface area contributed by atoms with Crippen LogP contribution in [0.15, 0.2) is 54.7 Å². The molecule has 3 aromatic rings. The molecule has 3 aliphatic heterocycles. The van der Waals surface area contributed by atoms with Crippen molar-refractivity contribution in [2.45, 2.75) is 32.1 Å². The zero-order chi connectivity index (χ0) is 25.0. The van der Waals surface area contributed by atoms with Crippen molar-refractivity contribution in [1.29, 1.82) is 0 Å². The summed E-state index contributed by atoms with van der Waals surface area (Å²) in [6, 6.07) is 15.2. The van der Waals surface area contributed by atoms with Crippen LogP contribution in [-0.2, 0) is 4.74 Å². The third kappa shape index (κ3) is 4.98. The van der Waals surface area contributed by atoms with E-state index in [4.69, 9.17) is 9.47 Å². The van der Waals surface area contributed by atoms with Gasteiger partial charge in [0.1, 0.15) is 12.4 Å². The van der Waals surface area contributed by atoms with Crippen LogP contribution in [0.4, 0.5) is 0 Å². The number of aromatic amines is 1. The Kier molecular flexibility index (Phi) is 7.28. The fraction of sp³-hybridized carbons (Fsp3) is 0.448. The summed E-state index contributed by atoms with van der Waals surface area (Å²) in [5, 5.41) is 0.931. The van der Waals surface area contributed by atoms with Crippen LogP contribution in [0.3, 0.4) is 0 Å². The van der Waals surface area contributed by atoms with Gasteiger partial charge in [0.25, 0.3) is 11.8 Å². The van der Waals surface area contributed by atoms with Gasteiger partial charge in [-0.05, 0) is 61.4 Å². The summed E-state index contributed by atoms with van der Waals surface area (Å²) in [5.41, 5.74) is 2.31. The molecule has 1 fully saturated rings. The summed E-state index contributed by atoms with van der Waals surface area (Å²) in [6.07, 6.45) is 6.67. The van der Waals surface area contributed by atoms with Gasteiger partial charge in [0.05, 0.1) is 18.7 Å². The Balaban J connectivity index is 1.41. The third-order valence-corrected chi connectivity index (χ3v) is 7.80. The third-order valence-electron chi connectivity index (χ3n) is 7.80. The van der Waals surface area contributed by atoms with Gasteiger partial charge in [-0.3, -0.25) is 9.59 Å². The molecule has 2 amide bonds. The van der Waals surface area contributed by atoms with E-state index in [1.807, 2.05) is 64.5 Å². The van der Waals surface area contributed by atoms with Crippen LogP contribution in [-0.4, -0.2) is 73.1 Å². The van der Waals surface area contributed by atoms with Crippen LogP contribution >= 0.6 is 0 Å². The van der Waals surface area contributed by atoms with E-state index >= 15 is 0 Å². The second-order valence-electron chi connectivity index (χ2n) is 10.1. The lowest BCUT2D eigenvalue weighted by Gasteiger charge is -2.41. The predicted octanol–water partition coefficient (Wildman–Crippen LogP) is 4.74. The second-order valence-corrected chi connectivity index (χ2v) is 10.1. The van der Waals surface area contributed by atoms with Crippen LogP contribution in [0.1, 0.15) is 52.8 Å². The summed E-state index contributed by atoms with van der Waals surface area (Å²) in [7, 11) is 1.76. The minimum absolute atomic E-state index is 0.0103. The van der Waals surface area contributed by atoms with Gasteiger partial charge in [0.15, 0.2) is 0 Å². The Bertz CT molecular complexity index is 1210. The molecule has 4 heterocycles. The first-order valence-corrected chi connectivity index (χ1v) is 13.0. The van der Waals surface area contributed by atoms with Crippen molar-refractivity contribution in [2.24, 2.45) is 5.41 Å². The first-order chi connectivity index (χ1) is 17.6. The SMILES string of the molecule is COCC12CCCCN(C(=O)c3cccc4[nH]ccc34)CCOc3ccccc3C(=O)N(CC1)CC2. The first-order valence-electron chi connectivity index (χ1n) is 13.0. The molecule has 1 N–H and O–H groups in total. The van der Waals surface area contributed by atoms with Crippen LogP contribution < -0.4 is 4.74 Å². The van der Waals surface area contributed by atoms with Crippen molar-refractivity contribution >= 4 is 22.7 Å². The second kappa shape index (κ2) is 10.7. The molecule has 36 heavy (non-hydrogen) atoms.